The Morgan fingerprint density at radius 1 is 1.16 bits per heavy atom. The Hall–Kier alpha value is -3.88. The Bertz CT molecular complexity index is 1750. The van der Waals surface area contributed by atoms with E-state index in [1.54, 1.807) is 25.7 Å². The van der Waals surface area contributed by atoms with Gasteiger partial charge in [0.2, 0.25) is 5.91 Å². The second kappa shape index (κ2) is 12.0. The zero-order valence-corrected chi connectivity index (χ0v) is 25.8. The zero-order chi connectivity index (χ0) is 31.1. The Morgan fingerprint density at radius 2 is 1.84 bits per heavy atom. The average molecular weight is 615 g/mol. The first-order chi connectivity index (χ1) is 20.4. The van der Waals surface area contributed by atoms with Gasteiger partial charge in [-0.2, -0.15) is 10.2 Å². The highest BCUT2D eigenvalue weighted by molar-refractivity contribution is 7.21. The molecule has 0 radical (unpaired) electrons. The van der Waals surface area contributed by atoms with Crippen LogP contribution < -0.4 is 16.0 Å². The van der Waals surface area contributed by atoms with Crippen molar-refractivity contribution < 1.29 is 23.4 Å². The van der Waals surface area contributed by atoms with Crippen molar-refractivity contribution in [3.05, 3.63) is 68.4 Å². The lowest BCUT2D eigenvalue weighted by Gasteiger charge is -2.35. The second-order valence-corrected chi connectivity index (χ2v) is 12.1. The van der Waals surface area contributed by atoms with Gasteiger partial charge in [-0.1, -0.05) is 11.3 Å². The molecule has 1 aliphatic heterocycles. The molecular weight excluding hydrogens is 579 g/mol. The highest BCUT2D eigenvalue weighted by Gasteiger charge is 2.39. The van der Waals surface area contributed by atoms with E-state index in [0.717, 1.165) is 4.57 Å². The van der Waals surface area contributed by atoms with E-state index in [1.807, 2.05) is 13.8 Å². The van der Waals surface area contributed by atoms with Crippen molar-refractivity contribution in [2.45, 2.75) is 58.9 Å². The van der Waals surface area contributed by atoms with E-state index in [2.05, 4.69) is 10.2 Å². The van der Waals surface area contributed by atoms with Gasteiger partial charge < -0.3 is 19.1 Å². The van der Waals surface area contributed by atoms with Gasteiger partial charge in [0.25, 0.3) is 5.56 Å². The predicted octanol–water partition coefficient (Wildman–Crippen LogP) is 3.02. The number of thiophene rings is 1. The number of nitrogens with zero attached hydrogens (tertiary/aromatic N) is 6. The summed E-state index contributed by atoms with van der Waals surface area (Å²) in [7, 11) is 1.47. The fourth-order valence-electron chi connectivity index (χ4n) is 5.41. The van der Waals surface area contributed by atoms with Gasteiger partial charge in [0.05, 0.1) is 50.8 Å². The van der Waals surface area contributed by atoms with Crippen LogP contribution in [0.1, 0.15) is 44.9 Å². The van der Waals surface area contributed by atoms with Crippen LogP contribution in [-0.4, -0.2) is 74.5 Å². The first-order valence-corrected chi connectivity index (χ1v) is 14.8. The van der Waals surface area contributed by atoms with Crippen molar-refractivity contribution in [3.63, 3.8) is 0 Å². The number of benzene rings is 1. The summed E-state index contributed by atoms with van der Waals surface area (Å²) in [5.41, 5.74) is -1.87. The maximum absolute atomic E-state index is 14.5. The maximum atomic E-state index is 14.5. The molecule has 0 saturated carbocycles. The first-order valence-electron chi connectivity index (χ1n) is 14.0. The highest BCUT2D eigenvalue weighted by atomic mass is 32.1. The van der Waals surface area contributed by atoms with Gasteiger partial charge in [-0.05, 0) is 52.8 Å². The number of methoxy groups -OCH3 is 1. The Kier molecular flexibility index (Phi) is 8.54. The molecule has 1 saturated heterocycles. The molecule has 1 fully saturated rings. The summed E-state index contributed by atoms with van der Waals surface area (Å²) in [5, 5.41) is 9.26. The quantitative estimate of drug-likeness (QED) is 0.282. The van der Waals surface area contributed by atoms with E-state index >= 15 is 0 Å². The fraction of sp³-hybridized carbons (Fsp3) is 0.483. The third-order valence-corrected chi connectivity index (χ3v) is 8.77. The molecule has 230 valence electrons. The summed E-state index contributed by atoms with van der Waals surface area (Å²) in [4.78, 5) is 45.9. The van der Waals surface area contributed by atoms with Crippen LogP contribution in [0.2, 0.25) is 0 Å². The summed E-state index contributed by atoms with van der Waals surface area (Å²) in [6.07, 6.45) is 1.89. The van der Waals surface area contributed by atoms with E-state index in [4.69, 9.17) is 14.2 Å². The zero-order valence-electron chi connectivity index (χ0n) is 25.0. The lowest BCUT2D eigenvalue weighted by atomic mass is 10.0. The Morgan fingerprint density at radius 3 is 2.47 bits per heavy atom. The normalized spacial score (nSPS) is 14.9. The van der Waals surface area contributed by atoms with E-state index in [9.17, 15) is 18.8 Å². The minimum absolute atomic E-state index is 0.0959. The molecule has 12 nitrogen and oxygen atoms in total. The maximum Gasteiger partial charge on any atom is 0.333 e. The number of hydrogen-bond acceptors (Lipinski definition) is 9. The number of halogens is 1. The SMILES string of the molecule is COc1ccc(F)cc1[C@H](Cn1c(=O)n(C(C)(C)C(=O)N2CCOCC2)c(=O)c2c(C)c(-n3nccn3)sc21)OC(C)C. The molecule has 1 amide bonds. The predicted molar refractivity (Wildman–Crippen MR) is 159 cm³/mol. The van der Waals surface area contributed by atoms with E-state index < -0.39 is 28.7 Å². The topological polar surface area (TPSA) is 123 Å². The second-order valence-electron chi connectivity index (χ2n) is 11.1. The molecule has 1 atom stereocenters. The van der Waals surface area contributed by atoms with E-state index in [0.29, 0.717) is 53.0 Å². The molecule has 0 unspecified atom stereocenters. The van der Waals surface area contributed by atoms with Crippen LogP contribution in [0.15, 0.2) is 40.2 Å². The number of aryl methyl sites for hydroxylation is 1. The van der Waals surface area contributed by atoms with Crippen molar-refractivity contribution in [1.82, 2.24) is 29.0 Å². The third-order valence-electron chi connectivity index (χ3n) is 7.49. The molecule has 14 heteroatoms. The number of morpholine rings is 1. The van der Waals surface area contributed by atoms with Crippen molar-refractivity contribution in [2.24, 2.45) is 0 Å². The minimum atomic E-state index is -1.54. The van der Waals surface area contributed by atoms with Crippen LogP contribution in [0.3, 0.4) is 0 Å². The number of rotatable bonds is 9. The number of ether oxygens (including phenoxy) is 3. The molecule has 0 bridgehead atoms. The number of amides is 1. The molecule has 0 aliphatic carbocycles. The summed E-state index contributed by atoms with van der Waals surface area (Å²) >= 11 is 1.18. The van der Waals surface area contributed by atoms with Gasteiger partial charge in [0.15, 0.2) is 0 Å². The van der Waals surface area contributed by atoms with Crippen molar-refractivity contribution in [2.75, 3.05) is 33.4 Å². The molecule has 1 aromatic carbocycles. The molecule has 43 heavy (non-hydrogen) atoms. The summed E-state index contributed by atoms with van der Waals surface area (Å²) in [6.45, 7) is 9.90. The minimum Gasteiger partial charge on any atom is -0.496 e. The average Bonchev–Trinajstić information content (AvgIpc) is 3.62. The standard InChI is InChI=1S/C29H35FN6O6S/c1-17(2)42-22(20-15-19(30)7-8-21(20)40-6)16-34-26-23(18(3)25(43-26)36-31-9-10-32-36)24(37)35(28(34)39)29(4,5)27(38)33-11-13-41-14-12-33/h7-10,15,17,22H,11-14,16H2,1-6H3/t22-/m0/s1. The molecule has 0 spiro atoms. The molecule has 5 rings (SSSR count). The smallest absolute Gasteiger partial charge is 0.333 e. The molecule has 3 aromatic heterocycles. The lowest BCUT2D eigenvalue weighted by Crippen LogP contribution is -2.58. The molecule has 4 heterocycles. The summed E-state index contributed by atoms with van der Waals surface area (Å²) < 4.78 is 34.1. The lowest BCUT2D eigenvalue weighted by molar-refractivity contribution is -0.143. The number of carbonyl (C=O) groups is 1. The van der Waals surface area contributed by atoms with Gasteiger partial charge in [0, 0.05) is 24.2 Å². The van der Waals surface area contributed by atoms with Crippen molar-refractivity contribution in [1.29, 1.82) is 0 Å². The summed E-state index contributed by atoms with van der Waals surface area (Å²) in [5.74, 6) is -0.479. The monoisotopic (exact) mass is 614 g/mol. The third kappa shape index (κ3) is 5.61. The first kappa shape index (κ1) is 30.6. The van der Waals surface area contributed by atoms with Crippen LogP contribution in [0.4, 0.5) is 4.39 Å². The van der Waals surface area contributed by atoms with Gasteiger partial charge in [-0.3, -0.25) is 14.2 Å². The van der Waals surface area contributed by atoms with Crippen LogP contribution in [0.25, 0.3) is 15.2 Å². The molecule has 0 N–H and O–H groups in total. The number of aromatic nitrogens is 5. The number of hydrogen-bond donors (Lipinski definition) is 0. The van der Waals surface area contributed by atoms with Crippen molar-refractivity contribution in [3.8, 4) is 10.8 Å². The van der Waals surface area contributed by atoms with Crippen molar-refractivity contribution >= 4 is 27.5 Å². The number of fused-ring (bicyclic) bond motifs is 1. The van der Waals surface area contributed by atoms with Gasteiger partial charge in [-0.25, -0.2) is 13.8 Å². The summed E-state index contributed by atoms with van der Waals surface area (Å²) in [6, 6.07) is 4.10. The van der Waals surface area contributed by atoms with Gasteiger partial charge in [-0.15, -0.1) is 4.80 Å². The molecular formula is C29H35FN6O6S. The van der Waals surface area contributed by atoms with Crippen LogP contribution in [0, 0.1) is 12.7 Å². The van der Waals surface area contributed by atoms with E-state index in [1.165, 1.54) is 58.4 Å². The van der Waals surface area contributed by atoms with Crippen LogP contribution >= 0.6 is 11.3 Å². The Labute approximate surface area is 251 Å². The highest BCUT2D eigenvalue weighted by Crippen LogP contribution is 2.35. The fourth-order valence-corrected chi connectivity index (χ4v) is 6.63. The number of carbonyl (C=O) groups excluding carboxylic acids is 1. The van der Waals surface area contributed by atoms with Crippen LogP contribution in [-0.2, 0) is 26.4 Å². The van der Waals surface area contributed by atoms with Crippen LogP contribution in [0.5, 0.6) is 5.75 Å². The largest absolute Gasteiger partial charge is 0.496 e. The molecule has 1 aliphatic rings. The van der Waals surface area contributed by atoms with E-state index in [-0.39, 0.29) is 23.9 Å². The molecule has 4 aromatic rings. The van der Waals surface area contributed by atoms with Gasteiger partial charge >= 0.3 is 5.69 Å². The van der Waals surface area contributed by atoms with Gasteiger partial charge in [0.1, 0.15) is 33.0 Å². The Balaban J connectivity index is 1.77.